The van der Waals surface area contributed by atoms with Gasteiger partial charge in [0.2, 0.25) is 5.91 Å². The molecule has 1 heterocycles. The van der Waals surface area contributed by atoms with Crippen LogP contribution in [0.4, 0.5) is 5.69 Å². The second-order valence-electron chi connectivity index (χ2n) is 6.62. The zero-order valence-electron chi connectivity index (χ0n) is 16.8. The van der Waals surface area contributed by atoms with E-state index in [2.05, 4.69) is 28.2 Å². The van der Waals surface area contributed by atoms with Crippen LogP contribution in [0, 0.1) is 13.8 Å². The first-order valence-corrected chi connectivity index (χ1v) is 10.2. The molecule has 0 saturated carbocycles. The number of methoxy groups -OCH3 is 1. The summed E-state index contributed by atoms with van der Waals surface area (Å²) in [6.45, 7) is 8.37. The Morgan fingerprint density at radius 2 is 1.93 bits per heavy atom. The van der Waals surface area contributed by atoms with Gasteiger partial charge in [-0.25, -0.2) is 0 Å². The van der Waals surface area contributed by atoms with E-state index in [1.807, 2.05) is 54.8 Å². The Hall–Kier alpha value is -3.06. The fourth-order valence-electron chi connectivity index (χ4n) is 3.09. The van der Waals surface area contributed by atoms with Gasteiger partial charge in [0.1, 0.15) is 5.75 Å². The highest BCUT2D eigenvalue weighted by molar-refractivity contribution is 7.99. The number of para-hydroxylation sites is 1. The zero-order valence-corrected chi connectivity index (χ0v) is 17.6. The predicted octanol–water partition coefficient (Wildman–Crippen LogP) is 4.49. The standard InChI is InChI=1S/C22H24N4O2S/c1-5-10-26-21(18-8-6-7-9-19(18)28-4)24-25-22(26)29-14-20(27)23-17-12-15(2)11-16(3)13-17/h5-9,11-13H,1,10,14H2,2-4H3,(H,23,27). The van der Waals surface area contributed by atoms with Crippen LogP contribution in [0.25, 0.3) is 11.4 Å². The number of ether oxygens (including phenoxy) is 1. The van der Waals surface area contributed by atoms with Crippen LogP contribution in [-0.2, 0) is 11.3 Å². The molecule has 6 nitrogen and oxygen atoms in total. The maximum Gasteiger partial charge on any atom is 0.234 e. The van der Waals surface area contributed by atoms with Crippen molar-refractivity contribution in [1.82, 2.24) is 14.8 Å². The van der Waals surface area contributed by atoms with Crippen molar-refractivity contribution in [1.29, 1.82) is 0 Å². The number of benzene rings is 2. The summed E-state index contributed by atoms with van der Waals surface area (Å²) < 4.78 is 7.38. The second-order valence-corrected chi connectivity index (χ2v) is 7.56. The molecule has 0 radical (unpaired) electrons. The predicted molar refractivity (Wildman–Crippen MR) is 117 cm³/mol. The highest BCUT2D eigenvalue weighted by Gasteiger charge is 2.17. The van der Waals surface area contributed by atoms with Crippen molar-refractivity contribution in [3.05, 3.63) is 66.2 Å². The summed E-state index contributed by atoms with van der Waals surface area (Å²) >= 11 is 1.34. The molecular weight excluding hydrogens is 384 g/mol. The third-order valence-electron chi connectivity index (χ3n) is 4.21. The number of hydrogen-bond donors (Lipinski definition) is 1. The third-order valence-corrected chi connectivity index (χ3v) is 5.18. The molecule has 3 rings (SSSR count). The molecule has 0 atom stereocenters. The normalized spacial score (nSPS) is 10.6. The van der Waals surface area contributed by atoms with E-state index in [0.717, 1.165) is 22.4 Å². The molecule has 0 aliphatic rings. The summed E-state index contributed by atoms with van der Waals surface area (Å²) in [5.41, 5.74) is 3.87. The molecule has 150 valence electrons. The van der Waals surface area contributed by atoms with E-state index >= 15 is 0 Å². The smallest absolute Gasteiger partial charge is 0.234 e. The molecule has 0 aliphatic heterocycles. The summed E-state index contributed by atoms with van der Waals surface area (Å²) in [6, 6.07) is 13.6. The van der Waals surface area contributed by atoms with Gasteiger partial charge in [0, 0.05) is 12.2 Å². The minimum atomic E-state index is -0.0907. The first kappa shape index (κ1) is 20.7. The quantitative estimate of drug-likeness (QED) is 0.439. The number of nitrogens with one attached hydrogen (secondary N) is 1. The summed E-state index contributed by atoms with van der Waals surface area (Å²) in [5, 5.41) is 12.2. The number of aromatic nitrogens is 3. The molecular formula is C22H24N4O2S. The number of rotatable bonds is 8. The fourth-order valence-corrected chi connectivity index (χ4v) is 3.84. The van der Waals surface area contributed by atoms with Gasteiger partial charge in [-0.15, -0.1) is 16.8 Å². The summed E-state index contributed by atoms with van der Waals surface area (Å²) in [7, 11) is 1.63. The number of aryl methyl sites for hydroxylation is 2. The second kappa shape index (κ2) is 9.43. The van der Waals surface area contributed by atoms with Crippen molar-refractivity contribution < 1.29 is 9.53 Å². The first-order chi connectivity index (χ1) is 14.0. The van der Waals surface area contributed by atoms with Crippen LogP contribution in [0.15, 0.2) is 60.3 Å². The molecule has 0 spiro atoms. The van der Waals surface area contributed by atoms with Gasteiger partial charge in [0.25, 0.3) is 0 Å². The molecule has 1 aromatic heterocycles. The van der Waals surface area contributed by atoms with Crippen LogP contribution in [0.1, 0.15) is 11.1 Å². The number of nitrogens with zero attached hydrogens (tertiary/aromatic N) is 3. The third kappa shape index (κ3) is 5.06. The number of carbonyl (C=O) groups is 1. The number of carbonyl (C=O) groups excluding carboxylic acids is 1. The first-order valence-electron chi connectivity index (χ1n) is 9.20. The lowest BCUT2D eigenvalue weighted by atomic mass is 10.1. The van der Waals surface area contributed by atoms with Crippen LogP contribution in [0.3, 0.4) is 0 Å². The van der Waals surface area contributed by atoms with E-state index in [4.69, 9.17) is 4.74 Å². The molecule has 1 N–H and O–H groups in total. The SMILES string of the molecule is C=CCn1c(SCC(=O)Nc2cc(C)cc(C)c2)nnc1-c1ccccc1OC. The minimum absolute atomic E-state index is 0.0907. The molecule has 0 saturated heterocycles. The highest BCUT2D eigenvalue weighted by Crippen LogP contribution is 2.31. The average molecular weight is 409 g/mol. The average Bonchev–Trinajstić information content (AvgIpc) is 3.08. The van der Waals surface area contributed by atoms with Crippen LogP contribution in [0.2, 0.25) is 0 Å². The van der Waals surface area contributed by atoms with Crippen LogP contribution in [-0.4, -0.2) is 33.5 Å². The molecule has 0 fully saturated rings. The number of hydrogen-bond acceptors (Lipinski definition) is 5. The molecule has 1 amide bonds. The Labute approximate surface area is 175 Å². The molecule has 0 aliphatic carbocycles. The van der Waals surface area contributed by atoms with Gasteiger partial charge >= 0.3 is 0 Å². The lowest BCUT2D eigenvalue weighted by Crippen LogP contribution is -2.15. The van der Waals surface area contributed by atoms with Crippen molar-refractivity contribution >= 4 is 23.4 Å². The molecule has 29 heavy (non-hydrogen) atoms. The van der Waals surface area contributed by atoms with Crippen molar-refractivity contribution in [2.75, 3.05) is 18.2 Å². The maximum absolute atomic E-state index is 12.4. The van der Waals surface area contributed by atoms with E-state index in [1.54, 1.807) is 13.2 Å². The summed E-state index contributed by atoms with van der Waals surface area (Å²) in [5.74, 6) is 1.54. The number of anilines is 1. The lowest BCUT2D eigenvalue weighted by molar-refractivity contribution is -0.113. The lowest BCUT2D eigenvalue weighted by Gasteiger charge is -2.11. The fraction of sp³-hybridized carbons (Fsp3) is 0.227. The van der Waals surface area contributed by atoms with Gasteiger partial charge in [-0.1, -0.05) is 36.0 Å². The van der Waals surface area contributed by atoms with E-state index in [1.165, 1.54) is 11.8 Å². The van der Waals surface area contributed by atoms with Crippen LogP contribution < -0.4 is 10.1 Å². The van der Waals surface area contributed by atoms with Crippen molar-refractivity contribution in [2.45, 2.75) is 25.5 Å². The number of amides is 1. The van der Waals surface area contributed by atoms with Crippen LogP contribution in [0.5, 0.6) is 5.75 Å². The van der Waals surface area contributed by atoms with E-state index < -0.39 is 0 Å². The van der Waals surface area contributed by atoms with Crippen molar-refractivity contribution in [2.24, 2.45) is 0 Å². The van der Waals surface area contributed by atoms with Crippen molar-refractivity contribution in [3.8, 4) is 17.1 Å². The minimum Gasteiger partial charge on any atom is -0.496 e. The Morgan fingerprint density at radius 1 is 1.21 bits per heavy atom. The monoisotopic (exact) mass is 408 g/mol. The Morgan fingerprint density at radius 3 is 2.62 bits per heavy atom. The molecule has 7 heteroatoms. The van der Waals surface area contributed by atoms with E-state index in [0.29, 0.717) is 23.3 Å². The van der Waals surface area contributed by atoms with Gasteiger partial charge < -0.3 is 10.1 Å². The summed E-state index contributed by atoms with van der Waals surface area (Å²) in [4.78, 5) is 12.4. The maximum atomic E-state index is 12.4. The molecule has 0 bridgehead atoms. The highest BCUT2D eigenvalue weighted by atomic mass is 32.2. The van der Waals surface area contributed by atoms with Gasteiger partial charge in [-0.05, 0) is 49.2 Å². The molecule has 0 unspecified atom stereocenters. The van der Waals surface area contributed by atoms with Gasteiger partial charge in [-0.2, -0.15) is 0 Å². The topological polar surface area (TPSA) is 69.0 Å². The van der Waals surface area contributed by atoms with Crippen LogP contribution >= 0.6 is 11.8 Å². The Balaban J connectivity index is 1.76. The molecule has 2 aromatic carbocycles. The largest absolute Gasteiger partial charge is 0.496 e. The van der Waals surface area contributed by atoms with E-state index in [-0.39, 0.29) is 11.7 Å². The van der Waals surface area contributed by atoms with E-state index in [9.17, 15) is 4.79 Å². The van der Waals surface area contributed by atoms with Crippen molar-refractivity contribution in [3.63, 3.8) is 0 Å². The number of thioether (sulfide) groups is 1. The summed E-state index contributed by atoms with van der Waals surface area (Å²) in [6.07, 6.45) is 1.78. The zero-order chi connectivity index (χ0) is 20.8. The number of allylic oxidation sites excluding steroid dienone is 1. The van der Waals surface area contributed by atoms with Gasteiger partial charge in [0.05, 0.1) is 18.4 Å². The van der Waals surface area contributed by atoms with Gasteiger partial charge in [-0.3, -0.25) is 9.36 Å². The Kier molecular flexibility index (Phi) is 6.72. The molecule has 3 aromatic rings. The van der Waals surface area contributed by atoms with Gasteiger partial charge in [0.15, 0.2) is 11.0 Å². The Bertz CT molecular complexity index is 1010.